The van der Waals surface area contributed by atoms with E-state index in [2.05, 4.69) is 0 Å². The summed E-state index contributed by atoms with van der Waals surface area (Å²) in [7, 11) is 1.52. The van der Waals surface area contributed by atoms with Crippen molar-refractivity contribution < 1.29 is 20.1 Å². The molecule has 0 saturated carbocycles. The second-order valence-electron chi connectivity index (χ2n) is 4.74. The zero-order chi connectivity index (χ0) is 13.8. The van der Waals surface area contributed by atoms with Crippen LogP contribution in [0.1, 0.15) is 18.4 Å². The minimum absolute atomic E-state index is 0.122. The molecule has 0 spiro atoms. The summed E-state index contributed by atoms with van der Waals surface area (Å²) in [6.07, 6.45) is 5.30. The van der Waals surface area contributed by atoms with E-state index in [1.54, 1.807) is 18.2 Å². The van der Waals surface area contributed by atoms with Crippen LogP contribution in [0.3, 0.4) is 0 Å². The monoisotopic (exact) mass is 262 g/mol. The summed E-state index contributed by atoms with van der Waals surface area (Å²) < 4.78 is 5.06. The number of methoxy groups -OCH3 is 1. The summed E-state index contributed by atoms with van der Waals surface area (Å²) in [5.74, 6) is 1.06. The van der Waals surface area contributed by atoms with Gasteiger partial charge in [-0.1, -0.05) is 6.07 Å². The fourth-order valence-electron chi connectivity index (χ4n) is 2.26. The maximum Gasteiger partial charge on any atom is 0.160 e. The molecule has 0 radical (unpaired) electrons. The molecule has 0 bridgehead atoms. The van der Waals surface area contributed by atoms with Gasteiger partial charge in [0.15, 0.2) is 11.5 Å². The van der Waals surface area contributed by atoms with Crippen molar-refractivity contribution in [3.8, 4) is 11.5 Å². The normalized spacial score (nSPS) is 18.7. The first kappa shape index (κ1) is 13.3. The van der Waals surface area contributed by atoms with Crippen LogP contribution in [0.25, 0.3) is 0 Å². The largest absolute Gasteiger partial charge is 0.512 e. The van der Waals surface area contributed by atoms with Gasteiger partial charge in [0.1, 0.15) is 5.76 Å². The van der Waals surface area contributed by atoms with Gasteiger partial charge in [0.2, 0.25) is 0 Å². The van der Waals surface area contributed by atoms with E-state index < -0.39 is 0 Å². The molecule has 0 fully saturated rings. The number of aliphatic hydroxyl groups excluding tert-OH is 2. The first-order valence-electron chi connectivity index (χ1n) is 6.24. The smallest absolute Gasteiger partial charge is 0.160 e. The molecule has 102 valence electrons. The van der Waals surface area contributed by atoms with Gasteiger partial charge >= 0.3 is 0 Å². The van der Waals surface area contributed by atoms with Crippen molar-refractivity contribution in [1.82, 2.24) is 0 Å². The number of ether oxygens (including phenoxy) is 1. The van der Waals surface area contributed by atoms with Crippen LogP contribution in [-0.2, 0) is 6.42 Å². The summed E-state index contributed by atoms with van der Waals surface area (Å²) in [6.45, 7) is 0. The van der Waals surface area contributed by atoms with Crippen LogP contribution in [0.15, 0.2) is 41.9 Å². The van der Waals surface area contributed by atoms with Crippen LogP contribution < -0.4 is 4.74 Å². The van der Waals surface area contributed by atoms with Crippen LogP contribution in [0, 0.1) is 5.92 Å². The average Bonchev–Trinajstić information content (AvgIpc) is 2.36. The molecular formula is C15H18O4. The molecule has 0 amide bonds. The van der Waals surface area contributed by atoms with Gasteiger partial charge in [-0.2, -0.15) is 0 Å². The first-order chi connectivity index (χ1) is 9.08. The van der Waals surface area contributed by atoms with Crippen molar-refractivity contribution in [2.24, 2.45) is 5.92 Å². The summed E-state index contributed by atoms with van der Waals surface area (Å²) in [6, 6.07) is 5.26. The highest BCUT2D eigenvalue weighted by atomic mass is 16.5. The van der Waals surface area contributed by atoms with Crippen molar-refractivity contribution >= 4 is 0 Å². The second kappa shape index (κ2) is 5.69. The maximum absolute atomic E-state index is 9.51. The Kier molecular flexibility index (Phi) is 4.00. The topological polar surface area (TPSA) is 69.9 Å². The zero-order valence-corrected chi connectivity index (χ0v) is 10.8. The predicted molar refractivity (Wildman–Crippen MR) is 72.5 cm³/mol. The third kappa shape index (κ3) is 3.44. The van der Waals surface area contributed by atoms with Crippen molar-refractivity contribution in [3.63, 3.8) is 0 Å². The molecule has 3 N–H and O–H groups in total. The highest BCUT2D eigenvalue weighted by molar-refractivity contribution is 5.41. The van der Waals surface area contributed by atoms with E-state index in [4.69, 9.17) is 4.74 Å². The number of aryl methyl sites for hydroxylation is 1. The molecule has 0 aromatic heterocycles. The Balaban J connectivity index is 1.98. The van der Waals surface area contributed by atoms with Gasteiger partial charge in [-0.3, -0.25) is 0 Å². The molecule has 1 aliphatic rings. The molecule has 0 heterocycles. The number of rotatable bonds is 4. The first-order valence-corrected chi connectivity index (χ1v) is 6.24. The predicted octanol–water partition coefficient (Wildman–Crippen LogP) is 3.24. The summed E-state index contributed by atoms with van der Waals surface area (Å²) in [5, 5.41) is 28.4. The van der Waals surface area contributed by atoms with Crippen LogP contribution >= 0.6 is 0 Å². The number of phenolic OH excluding ortho intramolecular Hbond substituents is 1. The van der Waals surface area contributed by atoms with Gasteiger partial charge in [0.05, 0.1) is 12.9 Å². The Morgan fingerprint density at radius 1 is 1.26 bits per heavy atom. The quantitative estimate of drug-likeness (QED) is 0.779. The number of benzene rings is 1. The third-order valence-corrected chi connectivity index (χ3v) is 3.24. The Labute approximate surface area is 112 Å². The van der Waals surface area contributed by atoms with Gasteiger partial charge in [-0.25, -0.2) is 0 Å². The molecule has 4 nitrogen and oxygen atoms in total. The lowest BCUT2D eigenvalue weighted by molar-refractivity contribution is 0.334. The van der Waals surface area contributed by atoms with Gasteiger partial charge in [-0.15, -0.1) is 0 Å². The van der Waals surface area contributed by atoms with Crippen LogP contribution in [0.4, 0.5) is 0 Å². The number of allylic oxidation sites excluding steroid dienone is 3. The number of hydrogen-bond acceptors (Lipinski definition) is 4. The van der Waals surface area contributed by atoms with E-state index in [1.165, 1.54) is 13.2 Å². The van der Waals surface area contributed by atoms with E-state index in [0.717, 1.165) is 18.4 Å². The molecule has 19 heavy (non-hydrogen) atoms. The molecule has 1 aromatic carbocycles. The highest BCUT2D eigenvalue weighted by Crippen LogP contribution is 2.29. The van der Waals surface area contributed by atoms with Gasteiger partial charge in [0, 0.05) is 12.5 Å². The second-order valence-corrected chi connectivity index (χ2v) is 4.74. The van der Waals surface area contributed by atoms with Crippen LogP contribution in [0.2, 0.25) is 0 Å². The average molecular weight is 262 g/mol. The Morgan fingerprint density at radius 2 is 2.05 bits per heavy atom. The van der Waals surface area contributed by atoms with E-state index >= 15 is 0 Å². The minimum atomic E-state index is 0.122. The number of hydrogen-bond donors (Lipinski definition) is 3. The fraction of sp³-hybridized carbons (Fsp3) is 0.333. The lowest BCUT2D eigenvalue weighted by Crippen LogP contribution is -2.06. The lowest BCUT2D eigenvalue weighted by atomic mass is 9.92. The standard InChI is InChI=1S/C15H18O4/c1-19-15-8-10(4-5-14(15)18)2-3-11-6-12(16)9-13(17)7-11/h4-6,8-9,11,16-18H,2-3,7H2,1H3. The number of phenols is 1. The van der Waals surface area contributed by atoms with E-state index in [-0.39, 0.29) is 23.2 Å². The highest BCUT2D eigenvalue weighted by Gasteiger charge is 2.15. The summed E-state index contributed by atoms with van der Waals surface area (Å²) in [4.78, 5) is 0. The van der Waals surface area contributed by atoms with Gasteiger partial charge in [0.25, 0.3) is 0 Å². The van der Waals surface area contributed by atoms with Crippen LogP contribution in [-0.4, -0.2) is 22.4 Å². The summed E-state index contributed by atoms with van der Waals surface area (Å²) in [5.41, 5.74) is 1.05. The number of aliphatic hydroxyl groups is 2. The maximum atomic E-state index is 9.51. The summed E-state index contributed by atoms with van der Waals surface area (Å²) >= 11 is 0. The van der Waals surface area contributed by atoms with Crippen molar-refractivity contribution in [3.05, 3.63) is 47.4 Å². The molecular weight excluding hydrogens is 244 g/mol. The van der Waals surface area contributed by atoms with Crippen LogP contribution in [0.5, 0.6) is 11.5 Å². The van der Waals surface area contributed by atoms with Gasteiger partial charge < -0.3 is 20.1 Å². The van der Waals surface area contributed by atoms with Crippen molar-refractivity contribution in [2.45, 2.75) is 19.3 Å². The Hall–Kier alpha value is -2.10. The third-order valence-electron chi connectivity index (χ3n) is 3.24. The SMILES string of the molecule is COc1cc(CCC2C=C(O)C=C(O)C2)ccc1O. The van der Waals surface area contributed by atoms with Crippen molar-refractivity contribution in [2.75, 3.05) is 7.11 Å². The number of aromatic hydroxyl groups is 1. The van der Waals surface area contributed by atoms with E-state index in [1.807, 2.05) is 6.07 Å². The molecule has 4 heteroatoms. The Bertz CT molecular complexity index is 517. The molecule has 1 aliphatic carbocycles. The van der Waals surface area contributed by atoms with Crippen molar-refractivity contribution in [1.29, 1.82) is 0 Å². The fourth-order valence-corrected chi connectivity index (χ4v) is 2.26. The van der Waals surface area contributed by atoms with E-state index in [9.17, 15) is 15.3 Å². The zero-order valence-electron chi connectivity index (χ0n) is 10.8. The Morgan fingerprint density at radius 3 is 2.74 bits per heavy atom. The molecule has 1 atom stereocenters. The molecule has 1 unspecified atom stereocenters. The molecule has 1 aromatic rings. The molecule has 0 saturated heterocycles. The lowest BCUT2D eigenvalue weighted by Gasteiger charge is -2.16. The van der Waals surface area contributed by atoms with E-state index in [0.29, 0.717) is 12.2 Å². The van der Waals surface area contributed by atoms with Gasteiger partial charge in [-0.05, 0) is 42.5 Å². The molecule has 2 rings (SSSR count). The molecule has 0 aliphatic heterocycles. The minimum Gasteiger partial charge on any atom is -0.512 e.